The highest BCUT2D eigenvalue weighted by Gasteiger charge is 2.22. The number of anilines is 1. The van der Waals surface area contributed by atoms with E-state index in [1.54, 1.807) is 6.07 Å². The lowest BCUT2D eigenvalue weighted by molar-refractivity contribution is 0.0703. The highest BCUT2D eigenvalue weighted by atomic mass is 32.1. The van der Waals surface area contributed by atoms with E-state index < -0.39 is 17.1 Å². The normalized spacial score (nSPS) is 10.9. The second-order valence-corrected chi connectivity index (χ2v) is 5.64. The first-order valence-electron chi connectivity index (χ1n) is 6.06. The third kappa shape index (κ3) is 2.38. The summed E-state index contributed by atoms with van der Waals surface area (Å²) in [6, 6.07) is 9.27. The molecule has 0 aliphatic heterocycles. The van der Waals surface area contributed by atoms with Crippen molar-refractivity contribution in [2.75, 3.05) is 5.43 Å². The van der Waals surface area contributed by atoms with Crippen LogP contribution in [0, 0.1) is 6.92 Å². The summed E-state index contributed by atoms with van der Waals surface area (Å²) in [4.78, 5) is 34.1. The summed E-state index contributed by atoms with van der Waals surface area (Å²) < 4.78 is 0.786. The van der Waals surface area contributed by atoms with Gasteiger partial charge in [0.2, 0.25) is 0 Å². The first-order chi connectivity index (χ1) is 9.97. The SMILES string of the molecule is Cc1cccc(-c2cc(Nn3c(=O)c3=O)c(C(=O)O)s2)c1. The fourth-order valence-corrected chi connectivity index (χ4v) is 2.87. The number of thiophene rings is 1. The minimum absolute atomic E-state index is 0.0546. The first kappa shape index (κ1) is 13.3. The van der Waals surface area contributed by atoms with Crippen molar-refractivity contribution >= 4 is 23.0 Å². The Bertz CT molecular complexity index is 890. The van der Waals surface area contributed by atoms with Crippen LogP contribution in [0.1, 0.15) is 15.2 Å². The van der Waals surface area contributed by atoms with Crippen LogP contribution in [0.3, 0.4) is 0 Å². The van der Waals surface area contributed by atoms with E-state index in [2.05, 4.69) is 5.43 Å². The Hall–Kier alpha value is -2.67. The molecule has 2 aromatic heterocycles. The van der Waals surface area contributed by atoms with Gasteiger partial charge in [0.05, 0.1) is 5.69 Å². The van der Waals surface area contributed by atoms with Crippen molar-refractivity contribution in [3.05, 3.63) is 61.5 Å². The Morgan fingerprint density at radius 2 is 1.95 bits per heavy atom. The Labute approximate surface area is 122 Å². The third-order valence-electron chi connectivity index (χ3n) is 3.00. The van der Waals surface area contributed by atoms with Gasteiger partial charge in [0.15, 0.2) is 0 Å². The number of carbonyl (C=O) groups is 1. The maximum Gasteiger partial charge on any atom is 0.348 e. The van der Waals surface area contributed by atoms with Gasteiger partial charge < -0.3 is 5.11 Å². The van der Waals surface area contributed by atoms with Crippen molar-refractivity contribution in [3.63, 3.8) is 0 Å². The number of nitrogens with zero attached hydrogens (tertiary/aromatic N) is 1. The number of aromatic carboxylic acids is 1. The van der Waals surface area contributed by atoms with Gasteiger partial charge in [0.1, 0.15) is 4.88 Å². The summed E-state index contributed by atoms with van der Waals surface area (Å²) >= 11 is 1.09. The molecule has 3 rings (SSSR count). The molecule has 21 heavy (non-hydrogen) atoms. The smallest absolute Gasteiger partial charge is 0.348 e. The van der Waals surface area contributed by atoms with E-state index >= 15 is 0 Å². The molecule has 0 fully saturated rings. The van der Waals surface area contributed by atoms with E-state index in [1.165, 1.54) is 0 Å². The van der Waals surface area contributed by atoms with E-state index in [9.17, 15) is 19.5 Å². The molecular formula is C14H10N2O4S. The van der Waals surface area contributed by atoms with Gasteiger partial charge in [0, 0.05) is 4.88 Å². The number of carboxylic acids is 1. The van der Waals surface area contributed by atoms with Crippen LogP contribution >= 0.6 is 11.3 Å². The zero-order valence-electron chi connectivity index (χ0n) is 10.9. The minimum atomic E-state index is -1.11. The lowest BCUT2D eigenvalue weighted by Crippen LogP contribution is -2.09. The molecule has 0 aliphatic rings. The fourth-order valence-electron chi connectivity index (χ4n) is 1.93. The largest absolute Gasteiger partial charge is 0.477 e. The molecule has 6 nitrogen and oxygen atoms in total. The molecule has 0 aliphatic carbocycles. The van der Waals surface area contributed by atoms with Crippen LogP contribution in [0.15, 0.2) is 39.9 Å². The Morgan fingerprint density at radius 1 is 1.24 bits per heavy atom. The van der Waals surface area contributed by atoms with Crippen molar-refractivity contribution in [1.82, 2.24) is 4.68 Å². The predicted octanol–water partition coefficient (Wildman–Crippen LogP) is 1.69. The molecule has 3 aromatic rings. The van der Waals surface area contributed by atoms with Crippen LogP contribution in [0.4, 0.5) is 5.69 Å². The number of carboxylic acid groups (broad SMARTS) is 1. The standard InChI is InChI=1S/C14H10N2O4S/c1-7-3-2-4-8(5-7)10-6-9(11(21-10)14(19)20)15-16-12(17)13(16)18/h2-6,15H,1H3,(H,19,20). The topological polar surface area (TPSA) is 88.4 Å². The van der Waals surface area contributed by atoms with Crippen LogP contribution in [-0.4, -0.2) is 15.8 Å². The van der Waals surface area contributed by atoms with E-state index in [1.807, 2.05) is 31.2 Å². The number of aryl methyl sites for hydroxylation is 1. The summed E-state index contributed by atoms with van der Waals surface area (Å²) in [6.45, 7) is 1.95. The molecule has 1 aromatic carbocycles. The minimum Gasteiger partial charge on any atom is -0.477 e. The molecule has 0 unspecified atom stereocenters. The van der Waals surface area contributed by atoms with Crippen molar-refractivity contribution in [3.8, 4) is 10.4 Å². The highest BCUT2D eigenvalue weighted by molar-refractivity contribution is 7.18. The van der Waals surface area contributed by atoms with Crippen LogP contribution in [0.5, 0.6) is 0 Å². The molecule has 0 atom stereocenters. The van der Waals surface area contributed by atoms with E-state index in [0.717, 1.165) is 32.0 Å². The van der Waals surface area contributed by atoms with Gasteiger partial charge in [-0.15, -0.1) is 11.3 Å². The summed E-state index contributed by atoms with van der Waals surface area (Å²) in [5, 5.41) is 9.23. The van der Waals surface area contributed by atoms with Crippen LogP contribution < -0.4 is 16.5 Å². The average Bonchev–Trinajstić information content (AvgIpc) is 2.88. The number of aromatic nitrogens is 1. The molecule has 0 bridgehead atoms. The van der Waals surface area contributed by atoms with Crippen LogP contribution in [-0.2, 0) is 0 Å². The summed E-state index contributed by atoms with van der Waals surface area (Å²) in [6.07, 6.45) is 0. The lowest BCUT2D eigenvalue weighted by atomic mass is 10.1. The van der Waals surface area contributed by atoms with Gasteiger partial charge in [-0.05, 0) is 18.6 Å². The molecular weight excluding hydrogens is 292 g/mol. The van der Waals surface area contributed by atoms with Crippen LogP contribution in [0.2, 0.25) is 0 Å². The molecule has 0 spiro atoms. The number of hydrogen-bond donors (Lipinski definition) is 2. The number of nitrogens with one attached hydrogen (secondary N) is 1. The molecule has 2 N–H and O–H groups in total. The molecule has 106 valence electrons. The maximum absolute atomic E-state index is 11.3. The Balaban J connectivity index is 2.04. The molecule has 7 heteroatoms. The van der Waals surface area contributed by atoms with Gasteiger partial charge in [-0.2, -0.15) is 4.68 Å². The monoisotopic (exact) mass is 302 g/mol. The second-order valence-electron chi connectivity index (χ2n) is 4.59. The molecule has 0 radical (unpaired) electrons. The first-order valence-corrected chi connectivity index (χ1v) is 6.88. The average molecular weight is 302 g/mol. The Kier molecular flexibility index (Phi) is 2.99. The second kappa shape index (κ2) is 4.71. The van der Waals surface area contributed by atoms with Crippen molar-refractivity contribution < 1.29 is 9.90 Å². The van der Waals surface area contributed by atoms with Gasteiger partial charge in [-0.3, -0.25) is 15.0 Å². The van der Waals surface area contributed by atoms with E-state index in [-0.39, 0.29) is 10.6 Å². The van der Waals surface area contributed by atoms with Crippen molar-refractivity contribution in [2.24, 2.45) is 0 Å². The zero-order chi connectivity index (χ0) is 15.1. The summed E-state index contributed by atoms with van der Waals surface area (Å²) in [5.41, 5.74) is 3.38. The maximum atomic E-state index is 11.3. The third-order valence-corrected chi connectivity index (χ3v) is 4.17. The summed E-state index contributed by atoms with van der Waals surface area (Å²) in [7, 11) is 0. The number of hydrogen-bond acceptors (Lipinski definition) is 5. The van der Waals surface area contributed by atoms with Gasteiger partial charge in [0.25, 0.3) is 0 Å². The number of rotatable bonds is 4. The molecule has 0 saturated carbocycles. The summed E-state index contributed by atoms with van der Waals surface area (Å²) in [5.74, 6) is -1.11. The highest BCUT2D eigenvalue weighted by Crippen LogP contribution is 2.35. The zero-order valence-corrected chi connectivity index (χ0v) is 11.7. The van der Waals surface area contributed by atoms with Crippen molar-refractivity contribution in [2.45, 2.75) is 6.92 Å². The Morgan fingerprint density at radius 3 is 2.52 bits per heavy atom. The van der Waals surface area contributed by atoms with Gasteiger partial charge in [-0.25, -0.2) is 4.79 Å². The lowest BCUT2D eigenvalue weighted by Gasteiger charge is -1.99. The number of benzene rings is 1. The van der Waals surface area contributed by atoms with Crippen molar-refractivity contribution in [1.29, 1.82) is 0 Å². The van der Waals surface area contributed by atoms with Gasteiger partial charge >= 0.3 is 17.1 Å². The molecule has 0 saturated heterocycles. The van der Waals surface area contributed by atoms with Gasteiger partial charge in [-0.1, -0.05) is 29.8 Å². The predicted molar refractivity (Wildman–Crippen MR) is 79.8 cm³/mol. The van der Waals surface area contributed by atoms with E-state index in [0.29, 0.717) is 0 Å². The van der Waals surface area contributed by atoms with E-state index in [4.69, 9.17) is 0 Å². The molecule has 2 heterocycles. The quantitative estimate of drug-likeness (QED) is 0.716. The fraction of sp³-hybridized carbons (Fsp3) is 0.0714. The molecule has 0 amide bonds. The van der Waals surface area contributed by atoms with Crippen LogP contribution in [0.25, 0.3) is 10.4 Å².